The van der Waals surface area contributed by atoms with E-state index < -0.39 is 0 Å². The summed E-state index contributed by atoms with van der Waals surface area (Å²) in [6.45, 7) is 2.58. The number of ether oxygens (including phenoxy) is 2. The summed E-state index contributed by atoms with van der Waals surface area (Å²) >= 11 is 0. The largest absolute Gasteiger partial charge is 0.497 e. The third-order valence-electron chi connectivity index (χ3n) is 3.07. The molecule has 0 aliphatic rings. The molecule has 0 atom stereocenters. The van der Waals surface area contributed by atoms with Crippen molar-refractivity contribution in [3.8, 4) is 11.5 Å². The number of hydrogen-bond donors (Lipinski definition) is 1. The molecular weight excluding hydrogens is 292 g/mol. The van der Waals surface area contributed by atoms with Gasteiger partial charge in [-0.2, -0.15) is 5.10 Å². The summed E-state index contributed by atoms with van der Waals surface area (Å²) < 4.78 is 10.7. The van der Waals surface area contributed by atoms with Gasteiger partial charge < -0.3 is 9.47 Å². The van der Waals surface area contributed by atoms with Crippen LogP contribution in [-0.4, -0.2) is 25.8 Å². The second kappa shape index (κ2) is 8.58. The molecule has 0 saturated heterocycles. The van der Waals surface area contributed by atoms with Gasteiger partial charge in [-0.25, -0.2) is 5.43 Å². The highest BCUT2D eigenvalue weighted by atomic mass is 16.5. The van der Waals surface area contributed by atoms with Crippen molar-refractivity contribution in [2.75, 3.05) is 13.7 Å². The molecule has 0 aliphatic carbocycles. The number of para-hydroxylation sites is 1. The van der Waals surface area contributed by atoms with Crippen molar-refractivity contribution >= 4 is 12.1 Å². The molecule has 1 N–H and O–H groups in total. The van der Waals surface area contributed by atoms with Gasteiger partial charge in [-0.1, -0.05) is 31.2 Å². The number of nitrogens with one attached hydrogen (secondary N) is 1. The van der Waals surface area contributed by atoms with Gasteiger partial charge >= 0.3 is 0 Å². The van der Waals surface area contributed by atoms with Crippen LogP contribution in [0.25, 0.3) is 0 Å². The molecule has 0 saturated carbocycles. The number of benzene rings is 2. The van der Waals surface area contributed by atoms with Gasteiger partial charge in [-0.3, -0.25) is 4.79 Å². The van der Waals surface area contributed by atoms with Crippen molar-refractivity contribution in [2.24, 2.45) is 5.10 Å². The molecule has 0 radical (unpaired) electrons. The Balaban J connectivity index is 2.03. The third kappa shape index (κ3) is 4.85. The van der Waals surface area contributed by atoms with Crippen LogP contribution in [0.5, 0.6) is 11.5 Å². The van der Waals surface area contributed by atoms with Crippen LogP contribution in [0.4, 0.5) is 0 Å². The van der Waals surface area contributed by atoms with Crippen molar-refractivity contribution in [1.82, 2.24) is 5.43 Å². The summed E-state index contributed by atoms with van der Waals surface area (Å²) in [5.74, 6) is 0.984. The normalized spacial score (nSPS) is 10.5. The maximum Gasteiger partial charge on any atom is 0.275 e. The van der Waals surface area contributed by atoms with Crippen molar-refractivity contribution < 1.29 is 14.3 Å². The van der Waals surface area contributed by atoms with Gasteiger partial charge in [-0.15, -0.1) is 0 Å². The Morgan fingerprint density at radius 3 is 2.83 bits per heavy atom. The molecule has 2 aromatic carbocycles. The van der Waals surface area contributed by atoms with Crippen LogP contribution in [-0.2, 0) is 0 Å². The van der Waals surface area contributed by atoms with E-state index >= 15 is 0 Å². The van der Waals surface area contributed by atoms with E-state index in [-0.39, 0.29) is 5.91 Å². The van der Waals surface area contributed by atoms with Crippen LogP contribution < -0.4 is 14.9 Å². The van der Waals surface area contributed by atoms with Crippen molar-refractivity contribution in [1.29, 1.82) is 0 Å². The number of hydrogen-bond acceptors (Lipinski definition) is 4. The highest BCUT2D eigenvalue weighted by molar-refractivity contribution is 5.97. The van der Waals surface area contributed by atoms with E-state index in [2.05, 4.69) is 10.5 Å². The first kappa shape index (κ1) is 16.5. The molecule has 2 aromatic rings. The van der Waals surface area contributed by atoms with Gasteiger partial charge in [-0.05, 0) is 36.2 Å². The van der Waals surface area contributed by atoms with E-state index in [4.69, 9.17) is 9.47 Å². The number of carbonyl (C=O) groups is 1. The minimum absolute atomic E-state index is 0.309. The predicted octanol–water partition coefficient (Wildman–Crippen LogP) is 3.25. The van der Waals surface area contributed by atoms with Crippen LogP contribution in [0.15, 0.2) is 53.6 Å². The van der Waals surface area contributed by atoms with Crippen molar-refractivity contribution in [3.63, 3.8) is 0 Å². The maximum absolute atomic E-state index is 12.2. The van der Waals surface area contributed by atoms with Gasteiger partial charge in [0.2, 0.25) is 0 Å². The molecule has 0 fully saturated rings. The van der Waals surface area contributed by atoms with E-state index in [0.29, 0.717) is 17.9 Å². The lowest BCUT2D eigenvalue weighted by molar-refractivity contribution is 0.0951. The molecule has 0 unspecified atom stereocenters. The lowest BCUT2D eigenvalue weighted by atomic mass is 10.2. The SMILES string of the molecule is CCCOc1ccccc1C(=O)N/N=C/c1cccc(OC)c1. The monoisotopic (exact) mass is 312 g/mol. The van der Waals surface area contributed by atoms with Gasteiger partial charge in [0.05, 0.1) is 25.5 Å². The number of carbonyl (C=O) groups excluding carboxylic acids is 1. The molecule has 23 heavy (non-hydrogen) atoms. The molecule has 1 amide bonds. The number of methoxy groups -OCH3 is 1. The minimum atomic E-state index is -0.309. The average Bonchev–Trinajstić information content (AvgIpc) is 2.60. The molecule has 0 aliphatic heterocycles. The summed E-state index contributed by atoms with van der Waals surface area (Å²) in [6, 6.07) is 14.5. The van der Waals surface area contributed by atoms with E-state index in [1.807, 2.05) is 37.3 Å². The zero-order chi connectivity index (χ0) is 16.5. The number of nitrogens with zero attached hydrogens (tertiary/aromatic N) is 1. The van der Waals surface area contributed by atoms with E-state index in [1.165, 1.54) is 0 Å². The standard InChI is InChI=1S/C18H20N2O3/c1-3-11-23-17-10-5-4-9-16(17)18(21)20-19-13-14-7-6-8-15(12-14)22-2/h4-10,12-13H,3,11H2,1-2H3,(H,20,21)/b19-13+. The Bertz CT molecular complexity index is 683. The van der Waals surface area contributed by atoms with Crippen LogP contribution in [0.3, 0.4) is 0 Å². The Morgan fingerprint density at radius 2 is 2.04 bits per heavy atom. The Kier molecular flexibility index (Phi) is 6.17. The van der Waals surface area contributed by atoms with Crippen molar-refractivity contribution in [3.05, 3.63) is 59.7 Å². The zero-order valence-corrected chi connectivity index (χ0v) is 13.3. The Labute approximate surface area is 135 Å². The van der Waals surface area contributed by atoms with Crippen LogP contribution >= 0.6 is 0 Å². The molecule has 120 valence electrons. The Morgan fingerprint density at radius 1 is 1.22 bits per heavy atom. The summed E-state index contributed by atoms with van der Waals surface area (Å²) in [7, 11) is 1.60. The Hall–Kier alpha value is -2.82. The summed E-state index contributed by atoms with van der Waals surface area (Å²) in [5, 5.41) is 3.98. The summed E-state index contributed by atoms with van der Waals surface area (Å²) in [6.07, 6.45) is 2.44. The maximum atomic E-state index is 12.2. The van der Waals surface area contributed by atoms with Gasteiger partial charge in [0, 0.05) is 0 Å². The lowest BCUT2D eigenvalue weighted by Crippen LogP contribution is -2.18. The number of hydrazone groups is 1. The summed E-state index contributed by atoms with van der Waals surface area (Å²) in [4.78, 5) is 12.2. The highest BCUT2D eigenvalue weighted by Gasteiger charge is 2.10. The topological polar surface area (TPSA) is 59.9 Å². The van der Waals surface area contributed by atoms with Crippen molar-refractivity contribution in [2.45, 2.75) is 13.3 Å². The number of rotatable bonds is 7. The van der Waals surface area contributed by atoms with Gasteiger partial charge in [0.25, 0.3) is 5.91 Å². The highest BCUT2D eigenvalue weighted by Crippen LogP contribution is 2.18. The minimum Gasteiger partial charge on any atom is -0.497 e. The molecule has 0 heterocycles. The molecule has 0 aromatic heterocycles. The molecule has 2 rings (SSSR count). The fourth-order valence-corrected chi connectivity index (χ4v) is 1.94. The zero-order valence-electron chi connectivity index (χ0n) is 13.3. The second-order valence-corrected chi connectivity index (χ2v) is 4.82. The fourth-order valence-electron chi connectivity index (χ4n) is 1.94. The van der Waals surface area contributed by atoms with Gasteiger partial charge in [0.1, 0.15) is 11.5 Å². The average molecular weight is 312 g/mol. The van der Waals surface area contributed by atoms with E-state index in [1.54, 1.807) is 31.5 Å². The van der Waals surface area contributed by atoms with E-state index in [0.717, 1.165) is 17.7 Å². The molecule has 5 heteroatoms. The fraction of sp³-hybridized carbons (Fsp3) is 0.222. The third-order valence-corrected chi connectivity index (χ3v) is 3.07. The molecular formula is C18H20N2O3. The van der Waals surface area contributed by atoms with Crippen LogP contribution in [0, 0.1) is 0 Å². The second-order valence-electron chi connectivity index (χ2n) is 4.82. The molecule has 0 bridgehead atoms. The summed E-state index contributed by atoms with van der Waals surface area (Å²) in [5.41, 5.74) is 3.81. The first-order valence-corrected chi connectivity index (χ1v) is 7.44. The number of amides is 1. The molecule has 0 spiro atoms. The smallest absolute Gasteiger partial charge is 0.275 e. The first-order chi connectivity index (χ1) is 11.2. The molecule has 5 nitrogen and oxygen atoms in total. The van der Waals surface area contributed by atoms with E-state index in [9.17, 15) is 4.79 Å². The van der Waals surface area contributed by atoms with Crippen LogP contribution in [0.1, 0.15) is 29.3 Å². The lowest BCUT2D eigenvalue weighted by Gasteiger charge is -2.09. The quantitative estimate of drug-likeness (QED) is 0.630. The van der Waals surface area contributed by atoms with Gasteiger partial charge in [0.15, 0.2) is 0 Å². The van der Waals surface area contributed by atoms with Crippen LogP contribution in [0.2, 0.25) is 0 Å². The first-order valence-electron chi connectivity index (χ1n) is 7.44. The predicted molar refractivity (Wildman–Crippen MR) is 90.3 cm³/mol.